The van der Waals surface area contributed by atoms with Crippen molar-refractivity contribution in [1.82, 2.24) is 4.98 Å². The molecule has 21 heavy (non-hydrogen) atoms. The molecule has 0 aliphatic heterocycles. The predicted octanol–water partition coefficient (Wildman–Crippen LogP) is 4.18. The van der Waals surface area contributed by atoms with Gasteiger partial charge < -0.3 is 10.6 Å². The van der Waals surface area contributed by atoms with Crippen LogP contribution in [0.1, 0.15) is 30.9 Å². The maximum Gasteiger partial charge on any atom is 0.225 e. The van der Waals surface area contributed by atoms with Crippen LogP contribution in [0.4, 0.5) is 17.2 Å². The fourth-order valence-corrected chi connectivity index (χ4v) is 2.13. The van der Waals surface area contributed by atoms with Gasteiger partial charge in [0.05, 0.1) is 11.9 Å². The van der Waals surface area contributed by atoms with Gasteiger partial charge in [-0.3, -0.25) is 4.79 Å². The van der Waals surface area contributed by atoms with Crippen molar-refractivity contribution in [3.63, 3.8) is 0 Å². The Kier molecular flexibility index (Phi) is 4.93. The molecule has 0 atom stereocenters. The molecular weight excluding hydrogens is 262 g/mol. The minimum atomic E-state index is 0.000424. The number of anilines is 3. The summed E-state index contributed by atoms with van der Waals surface area (Å²) < 4.78 is 0. The van der Waals surface area contributed by atoms with Crippen LogP contribution in [-0.4, -0.2) is 10.9 Å². The zero-order valence-electron chi connectivity index (χ0n) is 12.7. The van der Waals surface area contributed by atoms with Gasteiger partial charge in [-0.1, -0.05) is 25.1 Å². The van der Waals surface area contributed by atoms with Crippen molar-refractivity contribution >= 4 is 23.1 Å². The highest BCUT2D eigenvalue weighted by Gasteiger charge is 2.04. The van der Waals surface area contributed by atoms with Crippen LogP contribution in [0.25, 0.3) is 0 Å². The van der Waals surface area contributed by atoms with Gasteiger partial charge in [0.1, 0.15) is 5.82 Å². The van der Waals surface area contributed by atoms with E-state index in [9.17, 15) is 4.79 Å². The largest absolute Gasteiger partial charge is 0.354 e. The van der Waals surface area contributed by atoms with Gasteiger partial charge in [0.25, 0.3) is 0 Å². The van der Waals surface area contributed by atoms with Crippen LogP contribution in [0.2, 0.25) is 0 Å². The number of para-hydroxylation sites is 1. The molecule has 110 valence electrons. The number of rotatable bonds is 5. The monoisotopic (exact) mass is 283 g/mol. The highest BCUT2D eigenvalue weighted by atomic mass is 16.1. The number of aryl methyl sites for hydroxylation is 2. The van der Waals surface area contributed by atoms with Crippen molar-refractivity contribution in [2.75, 3.05) is 10.6 Å². The summed E-state index contributed by atoms with van der Waals surface area (Å²) in [6.45, 7) is 6.12. The van der Waals surface area contributed by atoms with Crippen LogP contribution in [0.5, 0.6) is 0 Å². The van der Waals surface area contributed by atoms with Gasteiger partial charge in [0, 0.05) is 12.1 Å². The first-order valence-electron chi connectivity index (χ1n) is 7.19. The number of carbonyl (C=O) groups excluding carboxylic acids is 1. The number of hydrogen-bond donors (Lipinski definition) is 2. The zero-order valence-corrected chi connectivity index (χ0v) is 12.7. The predicted molar refractivity (Wildman–Crippen MR) is 87.0 cm³/mol. The standard InChI is InChI=1S/C17H21N3O/c1-4-6-16(21)20-15-10-9-14(11-18-15)19-17-12(2)7-5-8-13(17)3/h5,7-11,19H,4,6H2,1-3H3,(H,18,20,21). The number of nitrogens with one attached hydrogen (secondary N) is 2. The Hall–Kier alpha value is -2.36. The van der Waals surface area contributed by atoms with Crippen molar-refractivity contribution in [2.45, 2.75) is 33.6 Å². The van der Waals surface area contributed by atoms with Gasteiger partial charge in [-0.15, -0.1) is 0 Å². The number of carbonyl (C=O) groups is 1. The van der Waals surface area contributed by atoms with Crippen molar-refractivity contribution in [3.05, 3.63) is 47.7 Å². The van der Waals surface area contributed by atoms with E-state index in [2.05, 4.69) is 41.6 Å². The summed E-state index contributed by atoms with van der Waals surface area (Å²) in [7, 11) is 0. The molecule has 0 aliphatic rings. The van der Waals surface area contributed by atoms with Gasteiger partial charge in [-0.2, -0.15) is 0 Å². The second-order valence-electron chi connectivity index (χ2n) is 5.12. The molecule has 4 heteroatoms. The lowest BCUT2D eigenvalue weighted by Gasteiger charge is -2.12. The van der Waals surface area contributed by atoms with E-state index in [0.29, 0.717) is 12.2 Å². The molecule has 0 radical (unpaired) electrons. The minimum Gasteiger partial charge on any atom is -0.354 e. The maximum atomic E-state index is 11.5. The number of aromatic nitrogens is 1. The fraction of sp³-hybridized carbons (Fsp3) is 0.294. The second kappa shape index (κ2) is 6.88. The molecule has 0 saturated heterocycles. The number of benzene rings is 1. The van der Waals surface area contributed by atoms with Crippen molar-refractivity contribution < 1.29 is 4.79 Å². The molecule has 0 saturated carbocycles. The van der Waals surface area contributed by atoms with Gasteiger partial charge in [-0.25, -0.2) is 4.98 Å². The molecular formula is C17H21N3O. The first-order valence-corrected chi connectivity index (χ1v) is 7.19. The molecule has 2 N–H and O–H groups in total. The summed E-state index contributed by atoms with van der Waals surface area (Å²) >= 11 is 0. The van der Waals surface area contributed by atoms with E-state index < -0.39 is 0 Å². The smallest absolute Gasteiger partial charge is 0.225 e. The zero-order chi connectivity index (χ0) is 15.2. The van der Waals surface area contributed by atoms with Crippen LogP contribution >= 0.6 is 0 Å². The first-order chi connectivity index (χ1) is 10.1. The minimum absolute atomic E-state index is 0.000424. The van der Waals surface area contributed by atoms with Crippen LogP contribution in [0.3, 0.4) is 0 Å². The van der Waals surface area contributed by atoms with Gasteiger partial charge in [-0.05, 0) is 43.5 Å². The molecule has 1 aromatic heterocycles. The van der Waals surface area contributed by atoms with Gasteiger partial charge in [0.15, 0.2) is 0 Å². The van der Waals surface area contributed by atoms with E-state index in [4.69, 9.17) is 0 Å². The molecule has 0 unspecified atom stereocenters. The third kappa shape index (κ3) is 4.05. The van der Waals surface area contributed by atoms with Crippen molar-refractivity contribution in [3.8, 4) is 0 Å². The van der Waals surface area contributed by atoms with E-state index in [1.54, 1.807) is 6.20 Å². The quantitative estimate of drug-likeness (QED) is 0.865. The molecule has 0 bridgehead atoms. The molecule has 0 fully saturated rings. The SMILES string of the molecule is CCCC(=O)Nc1ccc(Nc2c(C)cccc2C)cn1. The van der Waals surface area contributed by atoms with Gasteiger partial charge >= 0.3 is 0 Å². The average Bonchev–Trinajstić information content (AvgIpc) is 2.45. The van der Waals surface area contributed by atoms with E-state index in [1.165, 1.54) is 11.1 Å². The molecule has 2 rings (SSSR count). The second-order valence-corrected chi connectivity index (χ2v) is 5.12. The topological polar surface area (TPSA) is 54.0 Å². The highest BCUT2D eigenvalue weighted by molar-refractivity contribution is 5.89. The summed E-state index contributed by atoms with van der Waals surface area (Å²) in [5.74, 6) is 0.584. The highest BCUT2D eigenvalue weighted by Crippen LogP contribution is 2.24. The molecule has 0 spiro atoms. The fourth-order valence-electron chi connectivity index (χ4n) is 2.13. The summed E-state index contributed by atoms with van der Waals surface area (Å²) in [6.07, 6.45) is 3.08. The normalized spacial score (nSPS) is 10.2. The Morgan fingerprint density at radius 2 is 1.86 bits per heavy atom. The van der Waals surface area contributed by atoms with Crippen LogP contribution < -0.4 is 10.6 Å². The lowest BCUT2D eigenvalue weighted by molar-refractivity contribution is -0.116. The molecule has 4 nitrogen and oxygen atoms in total. The van der Waals surface area contributed by atoms with E-state index >= 15 is 0 Å². The summed E-state index contributed by atoms with van der Waals surface area (Å²) in [6, 6.07) is 9.91. The van der Waals surface area contributed by atoms with Crippen molar-refractivity contribution in [1.29, 1.82) is 0 Å². The molecule has 0 aliphatic carbocycles. The molecule has 1 amide bonds. The summed E-state index contributed by atoms with van der Waals surface area (Å²) in [5, 5.41) is 6.15. The molecule has 1 aromatic carbocycles. The Morgan fingerprint density at radius 1 is 1.14 bits per heavy atom. The Labute approximate surface area is 125 Å². The molecule has 1 heterocycles. The van der Waals surface area contributed by atoms with Gasteiger partial charge in [0.2, 0.25) is 5.91 Å². The Bertz CT molecular complexity index is 600. The number of pyridine rings is 1. The lowest BCUT2D eigenvalue weighted by Crippen LogP contribution is -2.11. The van der Waals surface area contributed by atoms with E-state index in [0.717, 1.165) is 17.8 Å². The summed E-state index contributed by atoms with van der Waals surface area (Å²) in [5.41, 5.74) is 4.38. The number of nitrogens with zero attached hydrogens (tertiary/aromatic N) is 1. The van der Waals surface area contributed by atoms with E-state index in [-0.39, 0.29) is 5.91 Å². The number of hydrogen-bond acceptors (Lipinski definition) is 3. The third-order valence-corrected chi connectivity index (χ3v) is 3.26. The van der Waals surface area contributed by atoms with E-state index in [1.807, 2.05) is 25.1 Å². The maximum absolute atomic E-state index is 11.5. The average molecular weight is 283 g/mol. The first kappa shape index (κ1) is 15.0. The third-order valence-electron chi connectivity index (χ3n) is 3.26. The Balaban J connectivity index is 2.07. The van der Waals surface area contributed by atoms with Crippen LogP contribution in [0, 0.1) is 13.8 Å². The molecule has 2 aromatic rings. The van der Waals surface area contributed by atoms with Crippen molar-refractivity contribution in [2.24, 2.45) is 0 Å². The van der Waals surface area contributed by atoms with Crippen LogP contribution in [-0.2, 0) is 4.79 Å². The number of amides is 1. The summed E-state index contributed by atoms with van der Waals surface area (Å²) in [4.78, 5) is 15.8. The van der Waals surface area contributed by atoms with Crippen LogP contribution in [0.15, 0.2) is 36.5 Å². The Morgan fingerprint density at radius 3 is 2.43 bits per heavy atom. The lowest BCUT2D eigenvalue weighted by atomic mass is 10.1.